The van der Waals surface area contributed by atoms with Crippen LogP contribution >= 0.6 is 39.1 Å². The van der Waals surface area contributed by atoms with Gasteiger partial charge in [-0.2, -0.15) is 0 Å². The Labute approximate surface area is 133 Å². The molecule has 0 spiro atoms. The molecular weight excluding hydrogens is 366 g/mol. The number of aromatic nitrogens is 2. The second kappa shape index (κ2) is 5.35. The minimum absolute atomic E-state index is 0.189. The van der Waals surface area contributed by atoms with Crippen molar-refractivity contribution in [1.29, 1.82) is 0 Å². The van der Waals surface area contributed by atoms with Crippen LogP contribution in [-0.2, 0) is 5.88 Å². The molecule has 2 nitrogen and oxygen atoms in total. The van der Waals surface area contributed by atoms with Crippen molar-refractivity contribution in [3.05, 3.63) is 57.5 Å². The summed E-state index contributed by atoms with van der Waals surface area (Å²) in [4.78, 5) is 4.42. The van der Waals surface area contributed by atoms with Crippen molar-refractivity contribution < 1.29 is 4.39 Å². The van der Waals surface area contributed by atoms with Crippen LogP contribution in [0, 0.1) is 5.82 Å². The van der Waals surface area contributed by atoms with Gasteiger partial charge >= 0.3 is 0 Å². The number of fused-ring (bicyclic) bond motifs is 1. The molecule has 0 N–H and O–H groups in total. The molecule has 0 aliphatic carbocycles. The van der Waals surface area contributed by atoms with Gasteiger partial charge in [0.25, 0.3) is 0 Å². The Hall–Kier alpha value is -1.10. The molecule has 0 saturated carbocycles. The van der Waals surface area contributed by atoms with Crippen LogP contribution in [0.25, 0.3) is 16.7 Å². The molecule has 2 aromatic carbocycles. The highest BCUT2D eigenvalue weighted by Crippen LogP contribution is 2.28. The van der Waals surface area contributed by atoms with Crippen molar-refractivity contribution in [3.63, 3.8) is 0 Å². The molecular formula is C14H8BrCl2FN2. The molecule has 0 atom stereocenters. The number of benzene rings is 2. The fraction of sp³-hybridized carbons (Fsp3) is 0.0714. The monoisotopic (exact) mass is 372 g/mol. The predicted molar refractivity (Wildman–Crippen MR) is 83.3 cm³/mol. The number of nitrogens with zero attached hydrogens (tertiary/aromatic N) is 2. The van der Waals surface area contributed by atoms with Crippen LogP contribution in [0.1, 0.15) is 5.82 Å². The molecule has 6 heteroatoms. The van der Waals surface area contributed by atoms with Crippen LogP contribution in [-0.4, -0.2) is 9.55 Å². The highest BCUT2D eigenvalue weighted by molar-refractivity contribution is 9.10. The summed E-state index contributed by atoms with van der Waals surface area (Å²) in [5.74, 6) is 0.359. The first-order valence-corrected chi connectivity index (χ1v) is 7.49. The van der Waals surface area contributed by atoms with Crippen LogP contribution in [0.3, 0.4) is 0 Å². The van der Waals surface area contributed by atoms with E-state index in [4.69, 9.17) is 23.2 Å². The van der Waals surface area contributed by atoms with E-state index in [1.54, 1.807) is 16.7 Å². The van der Waals surface area contributed by atoms with Gasteiger partial charge in [-0.25, -0.2) is 9.37 Å². The Morgan fingerprint density at radius 3 is 2.70 bits per heavy atom. The molecule has 1 aromatic heterocycles. The van der Waals surface area contributed by atoms with Gasteiger partial charge in [0.1, 0.15) is 11.6 Å². The Morgan fingerprint density at radius 2 is 2.00 bits per heavy atom. The fourth-order valence-electron chi connectivity index (χ4n) is 2.12. The van der Waals surface area contributed by atoms with Crippen molar-refractivity contribution >= 4 is 50.2 Å². The molecule has 0 fully saturated rings. The molecule has 0 bridgehead atoms. The van der Waals surface area contributed by atoms with Gasteiger partial charge < -0.3 is 0 Å². The van der Waals surface area contributed by atoms with Gasteiger partial charge in [-0.3, -0.25) is 4.57 Å². The summed E-state index contributed by atoms with van der Waals surface area (Å²) >= 11 is 15.1. The van der Waals surface area contributed by atoms with Crippen molar-refractivity contribution in [3.8, 4) is 5.69 Å². The number of hydrogen-bond donors (Lipinski definition) is 0. The maximum Gasteiger partial charge on any atom is 0.148 e. The minimum Gasteiger partial charge on any atom is -0.292 e. The Kier molecular flexibility index (Phi) is 3.71. The second-order valence-corrected chi connectivity index (χ2v) is 5.85. The number of alkyl halides is 1. The van der Waals surface area contributed by atoms with Crippen LogP contribution in [0.2, 0.25) is 5.02 Å². The summed E-state index contributed by atoms with van der Waals surface area (Å²) in [6.07, 6.45) is 0. The fourth-order valence-corrected chi connectivity index (χ4v) is 2.81. The summed E-state index contributed by atoms with van der Waals surface area (Å²) in [5, 5.41) is 0.351. The van der Waals surface area contributed by atoms with E-state index in [9.17, 15) is 4.39 Å². The first kappa shape index (κ1) is 13.9. The first-order chi connectivity index (χ1) is 9.60. The molecule has 3 rings (SSSR count). The third-order valence-electron chi connectivity index (χ3n) is 2.96. The smallest absolute Gasteiger partial charge is 0.148 e. The topological polar surface area (TPSA) is 17.8 Å². The average molecular weight is 374 g/mol. The van der Waals surface area contributed by atoms with Gasteiger partial charge in [0.15, 0.2) is 0 Å². The Bertz CT molecular complexity index is 801. The van der Waals surface area contributed by atoms with Gasteiger partial charge in [-0.1, -0.05) is 27.5 Å². The highest BCUT2D eigenvalue weighted by Gasteiger charge is 2.15. The third-order valence-corrected chi connectivity index (χ3v) is 3.92. The maximum absolute atomic E-state index is 14.2. The van der Waals surface area contributed by atoms with E-state index in [1.807, 2.05) is 18.2 Å². The van der Waals surface area contributed by atoms with E-state index in [1.165, 1.54) is 6.07 Å². The SMILES string of the molecule is Fc1cc(Cl)ccc1-n1c(CCl)nc2ccc(Br)cc21. The molecule has 0 radical (unpaired) electrons. The van der Waals surface area contributed by atoms with Gasteiger partial charge in [0.2, 0.25) is 0 Å². The summed E-state index contributed by atoms with van der Waals surface area (Å²) < 4.78 is 16.8. The average Bonchev–Trinajstić information content (AvgIpc) is 2.76. The van der Waals surface area contributed by atoms with E-state index in [0.29, 0.717) is 16.5 Å². The lowest BCUT2D eigenvalue weighted by atomic mass is 10.2. The summed E-state index contributed by atoms with van der Waals surface area (Å²) in [5.41, 5.74) is 1.93. The largest absolute Gasteiger partial charge is 0.292 e. The molecule has 0 amide bonds. The minimum atomic E-state index is -0.414. The zero-order valence-corrected chi connectivity index (χ0v) is 13.2. The molecule has 102 valence electrons. The lowest BCUT2D eigenvalue weighted by molar-refractivity contribution is 0.618. The lowest BCUT2D eigenvalue weighted by Crippen LogP contribution is -2.02. The quantitative estimate of drug-likeness (QED) is 0.556. The van der Waals surface area contributed by atoms with Crippen molar-refractivity contribution in [2.75, 3.05) is 0 Å². The van der Waals surface area contributed by atoms with E-state index < -0.39 is 5.82 Å². The van der Waals surface area contributed by atoms with E-state index >= 15 is 0 Å². The molecule has 0 aliphatic rings. The molecule has 3 aromatic rings. The van der Waals surface area contributed by atoms with Gasteiger partial charge in [-0.15, -0.1) is 11.6 Å². The molecule has 0 saturated heterocycles. The zero-order valence-electron chi connectivity index (χ0n) is 10.1. The lowest BCUT2D eigenvalue weighted by Gasteiger charge is -2.09. The number of imidazole rings is 1. The van der Waals surface area contributed by atoms with Gasteiger partial charge in [-0.05, 0) is 36.4 Å². The molecule has 0 aliphatic heterocycles. The van der Waals surface area contributed by atoms with Crippen LogP contribution in [0.15, 0.2) is 40.9 Å². The van der Waals surface area contributed by atoms with Gasteiger partial charge in [0, 0.05) is 9.50 Å². The van der Waals surface area contributed by atoms with Crippen LogP contribution < -0.4 is 0 Å². The van der Waals surface area contributed by atoms with Crippen LogP contribution in [0.4, 0.5) is 4.39 Å². The normalized spacial score (nSPS) is 11.2. The molecule has 1 heterocycles. The Balaban J connectivity index is 2.36. The van der Waals surface area contributed by atoms with Gasteiger partial charge in [0.05, 0.1) is 22.6 Å². The van der Waals surface area contributed by atoms with Crippen molar-refractivity contribution in [2.45, 2.75) is 5.88 Å². The summed E-state index contributed by atoms with van der Waals surface area (Å²) in [6.45, 7) is 0. The van der Waals surface area contributed by atoms with E-state index in [0.717, 1.165) is 15.5 Å². The standard InChI is InChI=1S/C14H8BrCl2FN2/c15-8-1-3-11-13(5-8)20(14(7-16)19-11)12-4-2-9(17)6-10(12)18/h1-6H,7H2. The third kappa shape index (κ3) is 2.32. The highest BCUT2D eigenvalue weighted by atomic mass is 79.9. The van der Waals surface area contributed by atoms with E-state index in [2.05, 4.69) is 20.9 Å². The summed E-state index contributed by atoms with van der Waals surface area (Å²) in [6, 6.07) is 10.2. The first-order valence-electron chi connectivity index (χ1n) is 5.78. The molecule has 0 unspecified atom stereocenters. The number of rotatable bonds is 2. The van der Waals surface area contributed by atoms with Crippen molar-refractivity contribution in [2.24, 2.45) is 0 Å². The maximum atomic E-state index is 14.2. The second-order valence-electron chi connectivity index (χ2n) is 4.23. The molecule has 20 heavy (non-hydrogen) atoms. The number of halogens is 4. The van der Waals surface area contributed by atoms with Crippen LogP contribution in [0.5, 0.6) is 0 Å². The van der Waals surface area contributed by atoms with Crippen molar-refractivity contribution in [1.82, 2.24) is 9.55 Å². The Morgan fingerprint density at radius 1 is 1.20 bits per heavy atom. The van der Waals surface area contributed by atoms with E-state index in [-0.39, 0.29) is 5.88 Å². The number of hydrogen-bond acceptors (Lipinski definition) is 1. The zero-order chi connectivity index (χ0) is 14.3. The summed E-state index contributed by atoms with van der Waals surface area (Å²) in [7, 11) is 0. The predicted octanol–water partition coefficient (Wildman–Crippen LogP) is 5.32.